The van der Waals surface area contributed by atoms with Gasteiger partial charge in [0, 0.05) is 75.4 Å². The first kappa shape index (κ1) is 47.4. The molecule has 382 valence electrons. The smallest absolute Gasteiger partial charge is 0.264 e. The lowest BCUT2D eigenvalue weighted by Gasteiger charge is -2.39. The van der Waals surface area contributed by atoms with Gasteiger partial charge in [0.15, 0.2) is 0 Å². The van der Waals surface area contributed by atoms with Crippen LogP contribution in [0.5, 0.6) is 0 Å². The molecule has 0 spiro atoms. The highest BCUT2D eigenvalue weighted by molar-refractivity contribution is 7.33. The van der Waals surface area contributed by atoms with E-state index in [1.165, 1.54) is 136 Å². The van der Waals surface area contributed by atoms with Crippen molar-refractivity contribution < 1.29 is 0 Å². The number of benzene rings is 9. The zero-order valence-corrected chi connectivity index (χ0v) is 47.8. The molecular weight excluding hydrogens is 964 g/mol. The Morgan fingerprint density at radius 3 is 1.54 bits per heavy atom. The molecule has 0 aliphatic carbocycles. The fourth-order valence-electron chi connectivity index (χ4n) is 13.5. The largest absolute Gasteiger partial charge is 0.310 e. The van der Waals surface area contributed by atoms with Crippen LogP contribution in [-0.4, -0.2) is 20.4 Å². The second kappa shape index (κ2) is 15.9. The van der Waals surface area contributed by atoms with Crippen LogP contribution in [0.15, 0.2) is 176 Å². The molecule has 6 heteroatoms. The maximum Gasteiger partial charge on any atom is 0.264 e. The van der Waals surface area contributed by atoms with E-state index in [1.807, 2.05) is 11.3 Å². The maximum atomic E-state index is 2.71. The lowest BCUT2D eigenvalue weighted by Crippen LogP contribution is -2.59. The van der Waals surface area contributed by atoms with Crippen molar-refractivity contribution in [2.45, 2.75) is 105 Å². The summed E-state index contributed by atoms with van der Waals surface area (Å²) < 4.78 is 10.5. The first-order valence-electron chi connectivity index (χ1n) is 28.0. The molecule has 0 N–H and O–H groups in total. The van der Waals surface area contributed by atoms with Gasteiger partial charge in [-0.05, 0) is 140 Å². The Kier molecular flexibility index (Phi) is 9.68. The summed E-state index contributed by atoms with van der Waals surface area (Å²) in [4.78, 5) is 2.67. The van der Waals surface area contributed by atoms with Crippen LogP contribution in [-0.2, 0) is 21.7 Å². The van der Waals surface area contributed by atoms with Crippen LogP contribution in [0.3, 0.4) is 0 Å². The van der Waals surface area contributed by atoms with E-state index < -0.39 is 0 Å². The molecule has 6 heterocycles. The van der Waals surface area contributed by atoms with Gasteiger partial charge in [0.25, 0.3) is 6.71 Å². The fraction of sp³-hybridized carbons (Fsp3) is 0.222. The first-order valence-corrected chi connectivity index (χ1v) is 28.9. The zero-order valence-electron chi connectivity index (χ0n) is 47.0. The Bertz CT molecular complexity index is 4630. The van der Waals surface area contributed by atoms with Gasteiger partial charge in [-0.2, -0.15) is 0 Å². The minimum absolute atomic E-state index is 0.00221. The summed E-state index contributed by atoms with van der Waals surface area (Å²) in [6.45, 7) is 28.0. The number of nitrogens with zero attached hydrogens (tertiary/aromatic N) is 4. The second-order valence-corrected chi connectivity index (χ2v) is 27.7. The summed E-state index contributed by atoms with van der Waals surface area (Å²) in [6.07, 6.45) is 0. The fourth-order valence-corrected chi connectivity index (χ4v) is 14.8. The van der Waals surface area contributed by atoms with Gasteiger partial charge in [0.1, 0.15) is 0 Å². The molecule has 0 saturated heterocycles. The van der Waals surface area contributed by atoms with Gasteiger partial charge >= 0.3 is 0 Å². The van der Waals surface area contributed by atoms with Gasteiger partial charge in [-0.3, -0.25) is 0 Å². The molecule has 15 rings (SSSR count). The van der Waals surface area contributed by atoms with Crippen molar-refractivity contribution in [3.05, 3.63) is 198 Å². The van der Waals surface area contributed by atoms with Crippen molar-refractivity contribution in [1.82, 2.24) is 13.7 Å². The molecule has 4 aromatic heterocycles. The molecule has 0 unspecified atom stereocenters. The molecule has 0 amide bonds. The third-order valence-corrected chi connectivity index (χ3v) is 18.8. The van der Waals surface area contributed by atoms with Crippen LogP contribution < -0.4 is 20.6 Å². The normalized spacial score (nSPS) is 13.8. The lowest BCUT2D eigenvalue weighted by atomic mass is 9.36. The van der Waals surface area contributed by atoms with Gasteiger partial charge in [0.2, 0.25) is 0 Å². The highest BCUT2D eigenvalue weighted by Gasteiger charge is 2.45. The average molecular weight is 1030 g/mol. The van der Waals surface area contributed by atoms with Crippen LogP contribution in [0.2, 0.25) is 0 Å². The summed E-state index contributed by atoms with van der Waals surface area (Å²) in [5.74, 6) is 0. The van der Waals surface area contributed by atoms with Crippen molar-refractivity contribution in [3.8, 4) is 17.1 Å². The van der Waals surface area contributed by atoms with E-state index in [4.69, 9.17) is 0 Å². The molecule has 2 aliphatic heterocycles. The number of anilines is 3. The minimum atomic E-state index is -0.0301. The molecular formula is C72H65BN4S. The molecule has 0 atom stereocenters. The number of hydrogen-bond donors (Lipinski definition) is 0. The number of fused-ring (bicyclic) bond motifs is 16. The summed E-state index contributed by atoms with van der Waals surface area (Å²) in [7, 11) is 0. The number of hydrogen-bond acceptors (Lipinski definition) is 2. The van der Waals surface area contributed by atoms with E-state index >= 15 is 0 Å². The van der Waals surface area contributed by atoms with E-state index in [-0.39, 0.29) is 28.4 Å². The molecule has 78 heavy (non-hydrogen) atoms. The van der Waals surface area contributed by atoms with E-state index in [1.54, 1.807) is 0 Å². The average Bonchev–Trinajstić information content (AvgIpc) is 3.09. The Morgan fingerprint density at radius 1 is 0.359 bits per heavy atom. The van der Waals surface area contributed by atoms with Gasteiger partial charge in [-0.1, -0.05) is 174 Å². The molecule has 13 aromatic rings. The van der Waals surface area contributed by atoms with Gasteiger partial charge in [-0.25, -0.2) is 0 Å². The molecule has 0 saturated carbocycles. The van der Waals surface area contributed by atoms with E-state index in [0.29, 0.717) is 0 Å². The van der Waals surface area contributed by atoms with Crippen LogP contribution in [0.4, 0.5) is 17.1 Å². The van der Waals surface area contributed by atoms with Crippen molar-refractivity contribution >= 4 is 126 Å². The summed E-state index contributed by atoms with van der Waals surface area (Å²) in [6, 6.07) is 68.4. The molecule has 0 fully saturated rings. The number of rotatable bonds is 3. The highest BCUT2D eigenvalue weighted by Crippen LogP contribution is 2.50. The number of thiophene rings is 1. The Hall–Kier alpha value is -7.80. The zero-order chi connectivity index (χ0) is 53.7. The van der Waals surface area contributed by atoms with Crippen molar-refractivity contribution in [1.29, 1.82) is 0 Å². The number of aromatic nitrogens is 3. The van der Waals surface area contributed by atoms with Gasteiger partial charge in [-0.15, -0.1) is 11.3 Å². The summed E-state index contributed by atoms with van der Waals surface area (Å²) >= 11 is 1.99. The summed E-state index contributed by atoms with van der Waals surface area (Å²) in [5.41, 5.74) is 22.6. The van der Waals surface area contributed by atoms with Crippen LogP contribution in [0, 0.1) is 0 Å². The molecule has 0 radical (unpaired) electrons. The predicted molar refractivity (Wildman–Crippen MR) is 339 cm³/mol. The van der Waals surface area contributed by atoms with Crippen LogP contribution >= 0.6 is 11.3 Å². The maximum absolute atomic E-state index is 2.71. The van der Waals surface area contributed by atoms with Crippen LogP contribution in [0.25, 0.3) is 92.6 Å². The number of para-hydroxylation sites is 3. The Labute approximate surface area is 462 Å². The van der Waals surface area contributed by atoms with Gasteiger partial charge in [0.05, 0.1) is 39.0 Å². The standard InChI is InChI=1S/C72H65BN4S/c1-69(2,3)42-25-30-47(31-26-42)76-60-40-48(75-57-33-27-43(70(4,5)6)37-52(57)53-38-44(71(7,8)9)28-34-58(53)75)41-61-64(60)73(68-67(76)54-39-45(72(10,11)12)29-36-62(54)78-68)55-23-18-22-49-50-32-35-59-63(66(50)77(61)65(49)55)51-21-16-17-24-56(51)74(59)46-19-14-13-15-20-46/h13-41H,1-12H3. The van der Waals surface area contributed by atoms with Gasteiger partial charge < -0.3 is 18.6 Å². The molecule has 0 bridgehead atoms. The van der Waals surface area contributed by atoms with Crippen molar-refractivity contribution in [2.24, 2.45) is 0 Å². The van der Waals surface area contributed by atoms with E-state index in [0.717, 1.165) is 11.4 Å². The molecule has 2 aliphatic rings. The lowest BCUT2D eigenvalue weighted by molar-refractivity contribution is 0.590. The van der Waals surface area contributed by atoms with Crippen molar-refractivity contribution in [2.75, 3.05) is 4.90 Å². The molecule has 9 aromatic carbocycles. The van der Waals surface area contributed by atoms with E-state index in [2.05, 4.69) is 278 Å². The van der Waals surface area contributed by atoms with Crippen molar-refractivity contribution in [3.63, 3.8) is 0 Å². The third-order valence-electron chi connectivity index (χ3n) is 17.6. The third kappa shape index (κ3) is 6.65. The minimum Gasteiger partial charge on any atom is -0.310 e. The van der Waals surface area contributed by atoms with Crippen LogP contribution in [0.1, 0.15) is 105 Å². The SMILES string of the molecule is CC(C)(C)c1ccc(N2c3cc(-n4c5ccc(C(C)(C)C)cc5c5cc(C(C)(C)C)ccc54)cc4c3B(c3sc5ccc(C(C)(C)C)cc5c32)c2cccc3c5ccc6c(c7ccccc7n6-c6ccccc6)c5n-4c23)cc1. The quantitative estimate of drug-likeness (QED) is 0.161. The monoisotopic (exact) mass is 1030 g/mol. The topological polar surface area (TPSA) is 18.0 Å². The first-order chi connectivity index (χ1) is 37.2. The predicted octanol–water partition coefficient (Wildman–Crippen LogP) is 18.0. The highest BCUT2D eigenvalue weighted by atomic mass is 32.1. The Balaban J connectivity index is 1.15. The Morgan fingerprint density at radius 2 is 0.885 bits per heavy atom. The second-order valence-electron chi connectivity index (χ2n) is 26.7. The van der Waals surface area contributed by atoms with E-state index in [9.17, 15) is 0 Å². The molecule has 4 nitrogen and oxygen atoms in total. The summed E-state index contributed by atoms with van der Waals surface area (Å²) in [5, 5.41) is 8.98.